The molecule has 1 atom stereocenters. The summed E-state index contributed by atoms with van der Waals surface area (Å²) in [5.74, 6) is -0.0831. The van der Waals surface area contributed by atoms with Crippen LogP contribution in [0.4, 0.5) is 11.6 Å². The standard InChI is InChI=1S/C18H20ClN3O5S/c1-11(2)18(24)21-16-7-6-15-17(20-16)22(9-13(10-23)27-15)28(25,26)14-5-3-4-12(19)8-14/h3-8,11,13,23H,9-10H2,1-2H3,(H,20,21,24)/t13-/m1/s1. The smallest absolute Gasteiger partial charge is 0.265 e. The maximum Gasteiger partial charge on any atom is 0.265 e. The third kappa shape index (κ3) is 4.06. The molecule has 1 aromatic heterocycles. The number of halogens is 1. The summed E-state index contributed by atoms with van der Waals surface area (Å²) in [6.45, 7) is 2.97. The van der Waals surface area contributed by atoms with Crippen molar-refractivity contribution >= 4 is 39.2 Å². The van der Waals surface area contributed by atoms with Crippen LogP contribution < -0.4 is 14.4 Å². The van der Waals surface area contributed by atoms with Crippen LogP contribution in [-0.4, -0.2) is 43.7 Å². The number of aromatic nitrogens is 1. The van der Waals surface area contributed by atoms with Gasteiger partial charge in [-0.05, 0) is 30.3 Å². The first-order valence-corrected chi connectivity index (χ1v) is 10.4. The Hall–Kier alpha value is -2.36. The van der Waals surface area contributed by atoms with Gasteiger partial charge in [0.2, 0.25) is 5.91 Å². The summed E-state index contributed by atoms with van der Waals surface area (Å²) in [5, 5.41) is 12.4. The second kappa shape index (κ2) is 7.94. The molecule has 1 amide bonds. The van der Waals surface area contributed by atoms with Gasteiger partial charge in [0.05, 0.1) is 18.0 Å². The largest absolute Gasteiger partial charge is 0.482 e. The predicted molar refractivity (Wildman–Crippen MR) is 105 cm³/mol. The SMILES string of the molecule is CC(C)C(=O)Nc1ccc2c(n1)N(S(=O)(=O)c1cccc(Cl)c1)C[C@H](CO)O2. The van der Waals surface area contributed by atoms with Crippen LogP contribution in [0.3, 0.4) is 0 Å². The van der Waals surface area contributed by atoms with Crippen molar-refractivity contribution in [3.05, 3.63) is 41.4 Å². The number of hydrogen-bond acceptors (Lipinski definition) is 6. The molecule has 0 saturated carbocycles. The van der Waals surface area contributed by atoms with Gasteiger partial charge >= 0.3 is 0 Å². The maximum absolute atomic E-state index is 13.2. The zero-order chi connectivity index (χ0) is 20.5. The first kappa shape index (κ1) is 20.4. The number of nitrogens with one attached hydrogen (secondary N) is 1. The molecule has 0 aliphatic carbocycles. The Kier molecular flexibility index (Phi) is 5.78. The number of nitrogens with zero attached hydrogens (tertiary/aromatic N) is 2. The van der Waals surface area contributed by atoms with Crippen LogP contribution in [0.2, 0.25) is 5.02 Å². The molecule has 0 saturated heterocycles. The summed E-state index contributed by atoms with van der Waals surface area (Å²) in [5.41, 5.74) is 0. The zero-order valence-corrected chi connectivity index (χ0v) is 16.9. The van der Waals surface area contributed by atoms with Crippen LogP contribution in [0.5, 0.6) is 5.75 Å². The Morgan fingerprint density at radius 1 is 1.39 bits per heavy atom. The van der Waals surface area contributed by atoms with E-state index in [1.54, 1.807) is 19.9 Å². The highest BCUT2D eigenvalue weighted by atomic mass is 35.5. The van der Waals surface area contributed by atoms with Crippen LogP contribution in [0.25, 0.3) is 0 Å². The number of rotatable bonds is 5. The number of amides is 1. The Labute approximate surface area is 168 Å². The topological polar surface area (TPSA) is 109 Å². The summed E-state index contributed by atoms with van der Waals surface area (Å²) in [4.78, 5) is 16.2. The average molecular weight is 426 g/mol. The van der Waals surface area contributed by atoms with E-state index in [1.165, 1.54) is 30.3 Å². The van der Waals surface area contributed by atoms with Gasteiger partial charge in [-0.15, -0.1) is 0 Å². The fourth-order valence-electron chi connectivity index (χ4n) is 2.60. The number of anilines is 2. The van der Waals surface area contributed by atoms with Gasteiger partial charge in [-0.1, -0.05) is 31.5 Å². The molecule has 0 fully saturated rings. The van der Waals surface area contributed by atoms with Crippen LogP contribution >= 0.6 is 11.6 Å². The number of benzene rings is 1. The molecular weight excluding hydrogens is 406 g/mol. The Morgan fingerprint density at radius 2 is 2.14 bits per heavy atom. The summed E-state index contributed by atoms with van der Waals surface area (Å²) < 4.78 is 33.1. The molecule has 0 bridgehead atoms. The predicted octanol–water partition coefficient (Wildman–Crippen LogP) is 2.28. The van der Waals surface area contributed by atoms with E-state index in [0.717, 1.165) is 4.31 Å². The highest BCUT2D eigenvalue weighted by Crippen LogP contribution is 2.36. The number of carbonyl (C=O) groups excluding carboxylic acids is 1. The van der Waals surface area contributed by atoms with Crippen molar-refractivity contribution in [1.29, 1.82) is 0 Å². The number of carbonyl (C=O) groups is 1. The van der Waals surface area contributed by atoms with Crippen molar-refractivity contribution in [2.24, 2.45) is 5.92 Å². The van der Waals surface area contributed by atoms with Crippen molar-refractivity contribution in [3.8, 4) is 5.75 Å². The lowest BCUT2D eigenvalue weighted by molar-refractivity contribution is -0.118. The van der Waals surface area contributed by atoms with E-state index in [9.17, 15) is 18.3 Å². The monoisotopic (exact) mass is 425 g/mol. The van der Waals surface area contributed by atoms with E-state index in [0.29, 0.717) is 0 Å². The van der Waals surface area contributed by atoms with Crippen LogP contribution in [0, 0.1) is 5.92 Å². The van der Waals surface area contributed by atoms with Gasteiger partial charge in [0.1, 0.15) is 11.9 Å². The van der Waals surface area contributed by atoms with E-state index in [2.05, 4.69) is 10.3 Å². The van der Waals surface area contributed by atoms with Crippen molar-refractivity contribution in [2.75, 3.05) is 22.8 Å². The molecule has 0 unspecified atom stereocenters. The van der Waals surface area contributed by atoms with Crippen molar-refractivity contribution < 1.29 is 23.1 Å². The lowest BCUT2D eigenvalue weighted by atomic mass is 10.2. The first-order chi connectivity index (χ1) is 13.2. The van der Waals surface area contributed by atoms with E-state index >= 15 is 0 Å². The van der Waals surface area contributed by atoms with Gasteiger partial charge in [0, 0.05) is 10.9 Å². The van der Waals surface area contributed by atoms with Gasteiger partial charge in [-0.25, -0.2) is 17.7 Å². The van der Waals surface area contributed by atoms with E-state index < -0.39 is 16.1 Å². The number of hydrogen-bond donors (Lipinski definition) is 2. The molecular formula is C18H20ClN3O5S. The zero-order valence-electron chi connectivity index (χ0n) is 15.3. The van der Waals surface area contributed by atoms with Crippen LogP contribution in [0.15, 0.2) is 41.3 Å². The molecule has 0 radical (unpaired) electrons. The molecule has 0 spiro atoms. The summed E-state index contributed by atoms with van der Waals surface area (Å²) in [6, 6.07) is 8.90. The minimum Gasteiger partial charge on any atom is -0.482 e. The van der Waals surface area contributed by atoms with Crippen LogP contribution in [0.1, 0.15) is 13.8 Å². The Bertz CT molecular complexity index is 996. The number of ether oxygens (including phenoxy) is 1. The second-order valence-corrected chi connectivity index (χ2v) is 8.88. The number of sulfonamides is 1. The third-order valence-electron chi connectivity index (χ3n) is 4.10. The van der Waals surface area contributed by atoms with Crippen molar-refractivity contribution in [1.82, 2.24) is 4.98 Å². The van der Waals surface area contributed by atoms with Gasteiger partial charge in [-0.2, -0.15) is 0 Å². The number of fused-ring (bicyclic) bond motifs is 1. The minimum absolute atomic E-state index is 0.0111. The van der Waals surface area contributed by atoms with Gasteiger partial charge < -0.3 is 15.2 Å². The highest BCUT2D eigenvalue weighted by molar-refractivity contribution is 7.92. The molecule has 28 heavy (non-hydrogen) atoms. The number of aliphatic hydroxyl groups excluding tert-OH is 1. The van der Waals surface area contributed by atoms with E-state index in [-0.39, 0.29) is 52.3 Å². The minimum atomic E-state index is -4.02. The van der Waals surface area contributed by atoms with Gasteiger partial charge in [0.25, 0.3) is 10.0 Å². The summed E-state index contributed by atoms with van der Waals surface area (Å²) >= 11 is 5.95. The molecule has 8 nitrogen and oxygen atoms in total. The molecule has 1 aromatic carbocycles. The highest BCUT2D eigenvalue weighted by Gasteiger charge is 2.36. The first-order valence-electron chi connectivity index (χ1n) is 8.60. The summed E-state index contributed by atoms with van der Waals surface area (Å²) in [6.07, 6.45) is -0.751. The maximum atomic E-state index is 13.2. The third-order valence-corrected chi connectivity index (χ3v) is 6.09. The van der Waals surface area contributed by atoms with E-state index in [4.69, 9.17) is 16.3 Å². The molecule has 2 N–H and O–H groups in total. The number of aliphatic hydroxyl groups is 1. The van der Waals surface area contributed by atoms with Gasteiger partial charge in [0.15, 0.2) is 11.6 Å². The van der Waals surface area contributed by atoms with Crippen LogP contribution in [-0.2, 0) is 14.8 Å². The fourth-order valence-corrected chi connectivity index (χ4v) is 4.35. The number of pyridine rings is 1. The van der Waals surface area contributed by atoms with E-state index in [1.807, 2.05) is 0 Å². The van der Waals surface area contributed by atoms with Crippen molar-refractivity contribution in [3.63, 3.8) is 0 Å². The molecule has 2 aromatic rings. The van der Waals surface area contributed by atoms with Gasteiger partial charge in [-0.3, -0.25) is 4.79 Å². The molecule has 2 heterocycles. The lowest BCUT2D eigenvalue weighted by Gasteiger charge is -2.34. The molecule has 1 aliphatic heterocycles. The molecule has 1 aliphatic rings. The normalized spacial score (nSPS) is 16.5. The molecule has 3 rings (SSSR count). The molecule has 150 valence electrons. The second-order valence-electron chi connectivity index (χ2n) is 6.58. The fraction of sp³-hybridized carbons (Fsp3) is 0.333. The lowest BCUT2D eigenvalue weighted by Crippen LogP contribution is -2.45. The Morgan fingerprint density at radius 3 is 2.79 bits per heavy atom. The Balaban J connectivity index is 2.06. The quantitative estimate of drug-likeness (QED) is 0.760. The van der Waals surface area contributed by atoms with Crippen molar-refractivity contribution in [2.45, 2.75) is 24.8 Å². The molecule has 10 heteroatoms. The average Bonchev–Trinajstić information content (AvgIpc) is 2.66. The summed E-state index contributed by atoms with van der Waals surface area (Å²) in [7, 11) is -4.02.